The van der Waals surface area contributed by atoms with Crippen molar-refractivity contribution in [2.75, 3.05) is 17.7 Å². The predicted molar refractivity (Wildman–Crippen MR) is 82.2 cm³/mol. The third kappa shape index (κ3) is 3.28. The maximum Gasteiger partial charge on any atom is 0.228 e. The van der Waals surface area contributed by atoms with Gasteiger partial charge in [-0.2, -0.15) is 17.0 Å². The minimum Gasteiger partial charge on any atom is -0.304 e. The smallest absolute Gasteiger partial charge is 0.228 e. The molecule has 0 saturated carbocycles. The van der Waals surface area contributed by atoms with E-state index in [2.05, 4.69) is 22.6 Å². The van der Waals surface area contributed by atoms with Gasteiger partial charge in [0.15, 0.2) is 5.15 Å². The van der Waals surface area contributed by atoms with Gasteiger partial charge in [0.25, 0.3) is 0 Å². The molecular weight excluding hydrogens is 321 g/mol. The van der Waals surface area contributed by atoms with Crippen LogP contribution in [0.3, 0.4) is 0 Å². The molecule has 20 heavy (non-hydrogen) atoms. The lowest BCUT2D eigenvalue weighted by Gasteiger charge is -2.14. The Labute approximate surface area is 130 Å². The Morgan fingerprint density at radius 3 is 2.90 bits per heavy atom. The molecule has 0 N–H and O–H groups in total. The molecule has 0 radical (unpaired) electrons. The van der Waals surface area contributed by atoms with Crippen LogP contribution in [0.2, 0.25) is 5.15 Å². The van der Waals surface area contributed by atoms with E-state index in [1.165, 1.54) is 28.5 Å². The lowest BCUT2D eigenvalue weighted by Crippen LogP contribution is -2.25. The number of thiazole rings is 1. The fourth-order valence-electron chi connectivity index (χ4n) is 1.50. The van der Waals surface area contributed by atoms with Crippen LogP contribution in [0.25, 0.3) is 10.6 Å². The highest BCUT2D eigenvalue weighted by Gasteiger charge is 2.19. The van der Waals surface area contributed by atoms with Crippen LogP contribution in [0.15, 0.2) is 18.3 Å². The zero-order valence-electron chi connectivity index (χ0n) is 10.5. The summed E-state index contributed by atoms with van der Waals surface area (Å²) in [5.74, 6) is -0.180. The van der Waals surface area contributed by atoms with Crippen molar-refractivity contribution in [2.45, 2.75) is 6.42 Å². The Kier molecular flexibility index (Phi) is 4.95. The van der Waals surface area contributed by atoms with Gasteiger partial charge in [0.1, 0.15) is 10.0 Å². The summed E-state index contributed by atoms with van der Waals surface area (Å²) in [6.45, 7) is 0. The van der Waals surface area contributed by atoms with Gasteiger partial charge >= 0.3 is 0 Å². The number of halogens is 2. The van der Waals surface area contributed by atoms with Crippen molar-refractivity contribution >= 4 is 46.5 Å². The number of pyridine rings is 1. The van der Waals surface area contributed by atoms with Crippen LogP contribution < -0.4 is 4.90 Å². The molecule has 0 atom stereocenters. The molecule has 0 aromatic carbocycles. The summed E-state index contributed by atoms with van der Waals surface area (Å²) in [4.78, 5) is 21.0. The first-order chi connectivity index (χ1) is 9.52. The molecule has 0 aliphatic carbocycles. The molecule has 8 heteroatoms. The average Bonchev–Trinajstić information content (AvgIpc) is 2.81. The van der Waals surface area contributed by atoms with E-state index < -0.39 is 5.95 Å². The third-order valence-electron chi connectivity index (χ3n) is 2.55. The third-order valence-corrected chi connectivity index (χ3v) is 4.33. The summed E-state index contributed by atoms with van der Waals surface area (Å²) >= 11 is 11.3. The van der Waals surface area contributed by atoms with Crippen molar-refractivity contribution in [3.05, 3.63) is 29.4 Å². The van der Waals surface area contributed by atoms with Crippen molar-refractivity contribution in [3.63, 3.8) is 0 Å². The Balaban J connectivity index is 2.29. The van der Waals surface area contributed by atoms with Gasteiger partial charge in [-0.15, -0.1) is 0 Å². The molecule has 0 saturated heterocycles. The van der Waals surface area contributed by atoms with Gasteiger partial charge in [-0.05, 0) is 17.9 Å². The Hall–Kier alpha value is -1.18. The summed E-state index contributed by atoms with van der Waals surface area (Å²) in [7, 11) is 1.64. The van der Waals surface area contributed by atoms with Crippen LogP contribution in [-0.4, -0.2) is 28.7 Å². The SMILES string of the molecule is CN(C(=O)CCS)c1sc(-c2ccc(F)nc2)nc1Cl. The number of thiol groups is 1. The van der Waals surface area contributed by atoms with Crippen LogP contribution in [-0.2, 0) is 4.79 Å². The molecule has 2 aromatic rings. The number of carbonyl (C=O) groups is 1. The fourth-order valence-corrected chi connectivity index (χ4v) is 3.00. The van der Waals surface area contributed by atoms with E-state index in [1.807, 2.05) is 0 Å². The molecule has 2 aromatic heterocycles. The Morgan fingerprint density at radius 1 is 1.55 bits per heavy atom. The lowest BCUT2D eigenvalue weighted by molar-refractivity contribution is -0.117. The lowest BCUT2D eigenvalue weighted by atomic mass is 10.3. The molecule has 106 valence electrons. The van der Waals surface area contributed by atoms with Gasteiger partial charge in [-0.3, -0.25) is 4.79 Å². The van der Waals surface area contributed by atoms with Gasteiger partial charge in [-0.1, -0.05) is 22.9 Å². The molecule has 2 heterocycles. The molecule has 0 unspecified atom stereocenters. The molecule has 0 spiro atoms. The number of aromatic nitrogens is 2. The maximum atomic E-state index is 12.8. The van der Waals surface area contributed by atoms with E-state index >= 15 is 0 Å². The van der Waals surface area contributed by atoms with Gasteiger partial charge in [0.2, 0.25) is 11.9 Å². The highest BCUT2D eigenvalue weighted by molar-refractivity contribution is 7.80. The van der Waals surface area contributed by atoms with E-state index in [0.29, 0.717) is 27.7 Å². The number of anilines is 1. The zero-order chi connectivity index (χ0) is 14.7. The Morgan fingerprint density at radius 2 is 2.30 bits per heavy atom. The highest BCUT2D eigenvalue weighted by Crippen LogP contribution is 2.37. The van der Waals surface area contributed by atoms with E-state index in [0.717, 1.165) is 0 Å². The fraction of sp³-hybridized carbons (Fsp3) is 0.250. The molecule has 1 amide bonds. The van der Waals surface area contributed by atoms with Gasteiger partial charge in [-0.25, -0.2) is 9.97 Å². The van der Waals surface area contributed by atoms with Crippen molar-refractivity contribution in [1.82, 2.24) is 9.97 Å². The number of carbonyl (C=O) groups excluding carboxylic acids is 1. The molecule has 4 nitrogen and oxygen atoms in total. The summed E-state index contributed by atoms with van der Waals surface area (Å²) in [6, 6.07) is 2.82. The number of nitrogens with zero attached hydrogens (tertiary/aromatic N) is 3. The number of hydrogen-bond acceptors (Lipinski definition) is 5. The first-order valence-corrected chi connectivity index (χ1v) is 7.51. The van der Waals surface area contributed by atoms with Crippen molar-refractivity contribution in [2.24, 2.45) is 0 Å². The minimum atomic E-state index is -0.558. The van der Waals surface area contributed by atoms with Crippen LogP contribution in [0.5, 0.6) is 0 Å². The topological polar surface area (TPSA) is 46.1 Å². The number of hydrogen-bond donors (Lipinski definition) is 1. The maximum absolute atomic E-state index is 12.8. The number of amides is 1. The minimum absolute atomic E-state index is 0.0886. The summed E-state index contributed by atoms with van der Waals surface area (Å²) in [5.41, 5.74) is 0.652. The number of rotatable bonds is 4. The summed E-state index contributed by atoms with van der Waals surface area (Å²) in [6.07, 6.45) is 1.70. The van der Waals surface area contributed by atoms with Crippen molar-refractivity contribution in [3.8, 4) is 10.6 Å². The average molecular weight is 332 g/mol. The summed E-state index contributed by atoms with van der Waals surface area (Å²) in [5, 5.41) is 1.38. The molecule has 0 bridgehead atoms. The van der Waals surface area contributed by atoms with Crippen LogP contribution >= 0.6 is 35.6 Å². The second kappa shape index (κ2) is 6.51. The van der Waals surface area contributed by atoms with Gasteiger partial charge < -0.3 is 4.90 Å². The Bertz CT molecular complexity index is 618. The van der Waals surface area contributed by atoms with Crippen molar-refractivity contribution in [1.29, 1.82) is 0 Å². The van der Waals surface area contributed by atoms with Crippen LogP contribution in [0.1, 0.15) is 6.42 Å². The molecule has 0 fully saturated rings. The molecular formula is C12H11ClFN3OS2. The van der Waals surface area contributed by atoms with Crippen molar-refractivity contribution < 1.29 is 9.18 Å². The van der Waals surface area contributed by atoms with Gasteiger partial charge in [0.05, 0.1) is 0 Å². The molecule has 0 aliphatic heterocycles. The van der Waals surface area contributed by atoms with E-state index in [9.17, 15) is 9.18 Å². The zero-order valence-corrected chi connectivity index (χ0v) is 13.0. The van der Waals surface area contributed by atoms with Crippen LogP contribution in [0, 0.1) is 5.95 Å². The van der Waals surface area contributed by atoms with Crippen LogP contribution in [0.4, 0.5) is 9.39 Å². The van der Waals surface area contributed by atoms with E-state index in [1.54, 1.807) is 13.1 Å². The van der Waals surface area contributed by atoms with Gasteiger partial charge in [0, 0.05) is 25.2 Å². The quantitative estimate of drug-likeness (QED) is 0.691. The first kappa shape index (κ1) is 15.2. The van der Waals surface area contributed by atoms with E-state index in [4.69, 9.17) is 11.6 Å². The van der Waals surface area contributed by atoms with E-state index in [-0.39, 0.29) is 11.1 Å². The molecule has 0 aliphatic rings. The molecule has 2 rings (SSSR count). The second-order valence-corrected chi connectivity index (χ2v) is 5.69. The predicted octanol–water partition coefficient (Wildman–Crippen LogP) is 3.28. The highest BCUT2D eigenvalue weighted by atomic mass is 35.5. The first-order valence-electron chi connectivity index (χ1n) is 5.68. The monoisotopic (exact) mass is 331 g/mol. The second-order valence-electron chi connectivity index (χ2n) is 3.91. The largest absolute Gasteiger partial charge is 0.304 e. The summed E-state index contributed by atoms with van der Waals surface area (Å²) < 4.78 is 12.8. The standard InChI is InChI=1S/C12H11ClFN3OS2/c1-17(9(18)4-5-19)12-10(13)16-11(20-12)7-2-3-8(14)15-6-7/h2-3,6,19H,4-5H2,1H3. The normalized spacial score (nSPS) is 10.6.